The molecule has 0 saturated heterocycles. The SMILES string of the molecule is CN=C(NCC(C)Oc1ccc(OC)cc1)NC1CCc2nc(C)nn2C1. The fourth-order valence-electron chi connectivity index (χ4n) is 3.11. The van der Waals surface area contributed by atoms with E-state index in [0.29, 0.717) is 6.54 Å². The van der Waals surface area contributed by atoms with Crippen molar-refractivity contribution in [3.63, 3.8) is 0 Å². The van der Waals surface area contributed by atoms with E-state index >= 15 is 0 Å². The topological polar surface area (TPSA) is 85.6 Å². The van der Waals surface area contributed by atoms with Crippen LogP contribution in [0.5, 0.6) is 11.5 Å². The average Bonchev–Trinajstić information content (AvgIpc) is 3.05. The molecule has 1 aromatic heterocycles. The Morgan fingerprint density at radius 2 is 2.07 bits per heavy atom. The molecular weight excluding hydrogens is 344 g/mol. The van der Waals surface area contributed by atoms with Gasteiger partial charge in [0.2, 0.25) is 0 Å². The number of nitrogens with one attached hydrogen (secondary N) is 2. The number of rotatable bonds is 6. The first-order valence-electron chi connectivity index (χ1n) is 9.25. The van der Waals surface area contributed by atoms with Crippen molar-refractivity contribution in [2.75, 3.05) is 20.7 Å². The van der Waals surface area contributed by atoms with Crippen LogP contribution in [0.15, 0.2) is 29.3 Å². The largest absolute Gasteiger partial charge is 0.497 e. The van der Waals surface area contributed by atoms with Gasteiger partial charge in [-0.25, -0.2) is 9.67 Å². The third kappa shape index (κ3) is 5.12. The van der Waals surface area contributed by atoms with Crippen molar-refractivity contribution in [1.29, 1.82) is 0 Å². The number of aryl methyl sites for hydroxylation is 2. The van der Waals surface area contributed by atoms with Gasteiger partial charge in [0, 0.05) is 19.5 Å². The summed E-state index contributed by atoms with van der Waals surface area (Å²) in [5.41, 5.74) is 0. The van der Waals surface area contributed by atoms with Crippen LogP contribution in [0.3, 0.4) is 0 Å². The standard InChI is InChI=1S/C19H28N6O2/c1-13(27-17-8-6-16(26-4)7-9-17)11-21-19(20-3)23-15-5-10-18-22-14(2)24-25(18)12-15/h6-9,13,15H,5,10-12H2,1-4H3,(H2,20,21,23). The third-order valence-electron chi connectivity index (χ3n) is 4.48. The third-order valence-corrected chi connectivity index (χ3v) is 4.48. The molecule has 27 heavy (non-hydrogen) atoms. The molecule has 8 nitrogen and oxygen atoms in total. The Labute approximate surface area is 160 Å². The number of aliphatic imine (C=N–C) groups is 1. The van der Waals surface area contributed by atoms with Crippen LogP contribution in [0.4, 0.5) is 0 Å². The molecule has 2 unspecified atom stereocenters. The van der Waals surface area contributed by atoms with Crippen molar-refractivity contribution in [1.82, 2.24) is 25.4 Å². The van der Waals surface area contributed by atoms with Gasteiger partial charge in [-0.05, 0) is 44.5 Å². The molecule has 146 valence electrons. The molecule has 0 spiro atoms. The van der Waals surface area contributed by atoms with Crippen LogP contribution >= 0.6 is 0 Å². The lowest BCUT2D eigenvalue weighted by atomic mass is 10.1. The first-order valence-corrected chi connectivity index (χ1v) is 9.25. The van der Waals surface area contributed by atoms with E-state index in [1.165, 1.54) is 0 Å². The van der Waals surface area contributed by atoms with E-state index in [0.717, 1.165) is 48.5 Å². The lowest BCUT2D eigenvalue weighted by Gasteiger charge is -2.26. The van der Waals surface area contributed by atoms with Crippen LogP contribution in [0, 0.1) is 6.92 Å². The Morgan fingerprint density at radius 1 is 1.33 bits per heavy atom. The molecule has 2 N–H and O–H groups in total. The van der Waals surface area contributed by atoms with E-state index < -0.39 is 0 Å². The monoisotopic (exact) mass is 372 g/mol. The van der Waals surface area contributed by atoms with Gasteiger partial charge in [0.05, 0.1) is 20.2 Å². The van der Waals surface area contributed by atoms with Crippen molar-refractivity contribution < 1.29 is 9.47 Å². The lowest BCUT2D eigenvalue weighted by molar-refractivity contribution is 0.223. The second-order valence-corrected chi connectivity index (χ2v) is 6.69. The first-order chi connectivity index (χ1) is 13.1. The number of ether oxygens (including phenoxy) is 2. The normalized spacial score (nSPS) is 17.8. The van der Waals surface area contributed by atoms with E-state index in [2.05, 4.69) is 25.7 Å². The molecule has 1 aliphatic rings. The van der Waals surface area contributed by atoms with Gasteiger partial charge in [-0.3, -0.25) is 4.99 Å². The molecule has 0 fully saturated rings. The molecule has 0 amide bonds. The van der Waals surface area contributed by atoms with Crippen molar-refractivity contribution in [2.45, 2.75) is 45.4 Å². The predicted molar refractivity (Wildman–Crippen MR) is 104 cm³/mol. The van der Waals surface area contributed by atoms with Gasteiger partial charge in [0.1, 0.15) is 29.3 Å². The minimum absolute atomic E-state index is 0.00660. The quantitative estimate of drug-likeness (QED) is 0.591. The van der Waals surface area contributed by atoms with Crippen molar-refractivity contribution in [3.05, 3.63) is 35.9 Å². The molecule has 0 aliphatic carbocycles. The molecule has 1 aliphatic heterocycles. The smallest absolute Gasteiger partial charge is 0.191 e. The first kappa shape index (κ1) is 19.0. The highest BCUT2D eigenvalue weighted by molar-refractivity contribution is 5.80. The minimum Gasteiger partial charge on any atom is -0.497 e. The maximum atomic E-state index is 5.92. The number of nitrogens with zero attached hydrogens (tertiary/aromatic N) is 4. The number of hydrogen-bond donors (Lipinski definition) is 2. The summed E-state index contributed by atoms with van der Waals surface area (Å²) in [4.78, 5) is 8.77. The molecule has 0 radical (unpaired) electrons. The summed E-state index contributed by atoms with van der Waals surface area (Å²) < 4.78 is 13.1. The minimum atomic E-state index is -0.00660. The van der Waals surface area contributed by atoms with E-state index in [-0.39, 0.29) is 12.1 Å². The Bertz CT molecular complexity index is 771. The predicted octanol–water partition coefficient (Wildman–Crippen LogP) is 1.54. The fourth-order valence-corrected chi connectivity index (χ4v) is 3.11. The van der Waals surface area contributed by atoms with Gasteiger partial charge in [-0.2, -0.15) is 5.10 Å². The van der Waals surface area contributed by atoms with Crippen molar-refractivity contribution in [3.8, 4) is 11.5 Å². The summed E-state index contributed by atoms with van der Waals surface area (Å²) in [5.74, 6) is 4.29. The number of aromatic nitrogens is 3. The molecule has 8 heteroatoms. The molecule has 2 heterocycles. The van der Waals surface area contributed by atoms with Gasteiger partial charge in [-0.15, -0.1) is 0 Å². The summed E-state index contributed by atoms with van der Waals surface area (Å²) in [6.45, 7) is 5.40. The second kappa shape index (κ2) is 8.75. The molecule has 1 aromatic carbocycles. The van der Waals surface area contributed by atoms with E-state index in [4.69, 9.17) is 9.47 Å². The van der Waals surface area contributed by atoms with Crippen LogP contribution in [0.1, 0.15) is 25.0 Å². The maximum absolute atomic E-state index is 5.92. The lowest BCUT2D eigenvalue weighted by Crippen LogP contribution is -2.48. The summed E-state index contributed by atoms with van der Waals surface area (Å²) in [6, 6.07) is 7.87. The fraction of sp³-hybridized carbons (Fsp3) is 0.526. The van der Waals surface area contributed by atoms with Crippen LogP contribution < -0.4 is 20.1 Å². The zero-order valence-corrected chi connectivity index (χ0v) is 16.4. The highest BCUT2D eigenvalue weighted by Crippen LogP contribution is 2.18. The zero-order valence-electron chi connectivity index (χ0n) is 16.4. The van der Waals surface area contributed by atoms with E-state index in [1.54, 1.807) is 14.2 Å². The maximum Gasteiger partial charge on any atom is 0.191 e. The molecule has 3 rings (SSSR count). The number of hydrogen-bond acceptors (Lipinski definition) is 5. The summed E-state index contributed by atoms with van der Waals surface area (Å²) >= 11 is 0. The molecule has 0 bridgehead atoms. The van der Waals surface area contributed by atoms with E-state index in [9.17, 15) is 0 Å². The van der Waals surface area contributed by atoms with Crippen LogP contribution in [-0.2, 0) is 13.0 Å². The molecule has 2 aromatic rings. The Morgan fingerprint density at radius 3 is 2.78 bits per heavy atom. The van der Waals surface area contributed by atoms with Gasteiger partial charge in [-0.1, -0.05) is 0 Å². The van der Waals surface area contributed by atoms with Crippen molar-refractivity contribution in [2.24, 2.45) is 4.99 Å². The zero-order chi connectivity index (χ0) is 19.2. The Kier molecular flexibility index (Phi) is 6.16. The van der Waals surface area contributed by atoms with Gasteiger partial charge < -0.3 is 20.1 Å². The Balaban J connectivity index is 1.46. The van der Waals surface area contributed by atoms with Gasteiger partial charge in [0.25, 0.3) is 0 Å². The highest BCUT2D eigenvalue weighted by Gasteiger charge is 2.21. The summed E-state index contributed by atoms with van der Waals surface area (Å²) in [6.07, 6.45) is 1.93. The summed E-state index contributed by atoms with van der Waals surface area (Å²) in [5, 5.41) is 11.2. The molecule has 0 saturated carbocycles. The Hall–Kier alpha value is -2.77. The van der Waals surface area contributed by atoms with Gasteiger partial charge in [0.15, 0.2) is 5.96 Å². The number of benzene rings is 1. The van der Waals surface area contributed by atoms with Crippen molar-refractivity contribution >= 4 is 5.96 Å². The molecule has 2 atom stereocenters. The number of methoxy groups -OCH3 is 1. The van der Waals surface area contributed by atoms with Crippen LogP contribution in [0.25, 0.3) is 0 Å². The van der Waals surface area contributed by atoms with E-state index in [1.807, 2.05) is 42.8 Å². The average molecular weight is 372 g/mol. The van der Waals surface area contributed by atoms with Crippen LogP contribution in [0.2, 0.25) is 0 Å². The molecular formula is C19H28N6O2. The second-order valence-electron chi connectivity index (χ2n) is 6.69. The summed E-state index contributed by atoms with van der Waals surface area (Å²) in [7, 11) is 3.43. The van der Waals surface area contributed by atoms with Gasteiger partial charge >= 0.3 is 0 Å². The number of guanidine groups is 1. The highest BCUT2D eigenvalue weighted by atomic mass is 16.5. The number of fused-ring (bicyclic) bond motifs is 1. The van der Waals surface area contributed by atoms with Crippen LogP contribution in [-0.4, -0.2) is 53.6 Å².